The standard InChI is InChI=1S/C24H42ClN7O3S/c1-12-5-14(15-6-20(25)27-8-18(15)35-4)16(7-26-12)22(33)30-24-29-17-9-32(10-19(17)36-24)23(34)21-13(2)28-11-31(21)3/h12-21,24,26-29H,5-11H2,1-4H3,(H,30,33). The maximum atomic E-state index is 13.6. The Bertz CT molecular complexity index is 803. The van der Waals surface area contributed by atoms with E-state index in [0.717, 1.165) is 26.1 Å². The molecular weight excluding hydrogens is 502 g/mol. The Morgan fingerprint density at radius 3 is 2.58 bits per heavy atom. The summed E-state index contributed by atoms with van der Waals surface area (Å²) in [7, 11) is 3.75. The van der Waals surface area contributed by atoms with Crippen LogP contribution in [0.25, 0.3) is 0 Å². The molecule has 2 amide bonds. The lowest BCUT2D eigenvalue weighted by Gasteiger charge is -2.45. The van der Waals surface area contributed by atoms with E-state index in [2.05, 4.69) is 45.3 Å². The number of nitrogens with one attached hydrogen (secondary N) is 5. The number of nitrogens with zero attached hydrogens (tertiary/aromatic N) is 2. The molecular formula is C24H42ClN7O3S. The lowest BCUT2D eigenvalue weighted by molar-refractivity contribution is -0.135. The third-order valence-corrected chi connectivity index (χ3v) is 10.6. The number of ether oxygens (including phenoxy) is 1. The van der Waals surface area contributed by atoms with E-state index in [9.17, 15) is 9.59 Å². The normalized spacial score (nSPS) is 45.6. The molecule has 0 aromatic rings. The molecule has 0 aromatic heterocycles. The van der Waals surface area contributed by atoms with Crippen molar-refractivity contribution in [3.8, 4) is 0 Å². The van der Waals surface area contributed by atoms with E-state index in [4.69, 9.17) is 16.3 Å². The molecule has 0 aromatic carbocycles. The average molecular weight is 544 g/mol. The molecule has 5 aliphatic heterocycles. The fourth-order valence-corrected chi connectivity index (χ4v) is 8.62. The average Bonchev–Trinajstić information content (AvgIpc) is 3.51. The van der Waals surface area contributed by atoms with Crippen LogP contribution < -0.4 is 26.6 Å². The van der Waals surface area contributed by atoms with E-state index in [1.807, 2.05) is 11.9 Å². The molecule has 5 aliphatic rings. The van der Waals surface area contributed by atoms with Gasteiger partial charge in [0.1, 0.15) is 11.5 Å². The zero-order valence-electron chi connectivity index (χ0n) is 21.7. The third-order valence-electron chi connectivity index (χ3n) is 8.91. The summed E-state index contributed by atoms with van der Waals surface area (Å²) in [5.41, 5.74) is -0.221. The molecule has 5 rings (SSSR count). The largest absolute Gasteiger partial charge is 0.380 e. The van der Waals surface area contributed by atoms with Gasteiger partial charge in [0, 0.05) is 63.3 Å². The number of carbonyl (C=O) groups is 2. The second-order valence-corrected chi connectivity index (χ2v) is 13.2. The number of carbonyl (C=O) groups excluding carboxylic acids is 2. The molecule has 12 heteroatoms. The second-order valence-electron chi connectivity index (χ2n) is 11.3. The highest BCUT2D eigenvalue weighted by molar-refractivity contribution is 8.00. The van der Waals surface area contributed by atoms with Gasteiger partial charge >= 0.3 is 0 Å². The Hall–Kier alpha value is -0.660. The number of piperidine rings is 2. The van der Waals surface area contributed by atoms with Gasteiger partial charge in [-0.2, -0.15) is 0 Å². The lowest BCUT2D eigenvalue weighted by Crippen LogP contribution is -2.57. The van der Waals surface area contributed by atoms with E-state index >= 15 is 0 Å². The highest BCUT2D eigenvalue weighted by Crippen LogP contribution is 2.38. The van der Waals surface area contributed by atoms with Crippen LogP contribution in [-0.4, -0.2) is 115 Å². The number of alkyl halides is 1. The number of methoxy groups -OCH3 is 1. The van der Waals surface area contributed by atoms with E-state index in [0.29, 0.717) is 25.7 Å². The van der Waals surface area contributed by atoms with E-state index in [-0.39, 0.29) is 70.0 Å². The van der Waals surface area contributed by atoms with E-state index < -0.39 is 0 Å². The van der Waals surface area contributed by atoms with Crippen LogP contribution in [0.15, 0.2) is 0 Å². The van der Waals surface area contributed by atoms with Gasteiger partial charge in [0.25, 0.3) is 0 Å². The molecule has 5 heterocycles. The molecule has 0 bridgehead atoms. The summed E-state index contributed by atoms with van der Waals surface area (Å²) in [5.74, 6) is 0.619. The molecule has 11 unspecified atom stereocenters. The lowest BCUT2D eigenvalue weighted by atomic mass is 9.70. The van der Waals surface area contributed by atoms with Crippen LogP contribution in [0.4, 0.5) is 0 Å². The monoisotopic (exact) mass is 543 g/mol. The van der Waals surface area contributed by atoms with Crippen LogP contribution in [0.3, 0.4) is 0 Å². The van der Waals surface area contributed by atoms with Gasteiger partial charge in [-0.25, -0.2) is 0 Å². The maximum absolute atomic E-state index is 13.6. The maximum Gasteiger partial charge on any atom is 0.241 e. The first-order chi connectivity index (χ1) is 17.2. The number of amides is 2. The summed E-state index contributed by atoms with van der Waals surface area (Å²) < 4.78 is 5.80. The SMILES string of the molecule is COC1CNC(Cl)CC1C1CC(C)NCC1C(=O)NC1NC2CN(C(=O)C3C(C)NCN3C)CC2S1. The first kappa shape index (κ1) is 26.9. The Balaban J connectivity index is 1.17. The Labute approximate surface area is 223 Å². The Kier molecular flexibility index (Phi) is 8.39. The van der Waals surface area contributed by atoms with Crippen LogP contribution in [0.5, 0.6) is 0 Å². The molecule has 204 valence electrons. The van der Waals surface area contributed by atoms with Crippen molar-refractivity contribution in [2.75, 3.05) is 47.0 Å². The molecule has 5 N–H and O–H groups in total. The summed E-state index contributed by atoms with van der Waals surface area (Å²) in [6.45, 7) is 7.78. The minimum Gasteiger partial charge on any atom is -0.380 e. The number of halogens is 1. The molecule has 10 nitrogen and oxygen atoms in total. The molecule has 0 aliphatic carbocycles. The number of rotatable bonds is 5. The number of likely N-dealkylation sites (N-methyl/N-ethyl adjacent to an activating group) is 1. The van der Waals surface area contributed by atoms with Crippen molar-refractivity contribution in [3.05, 3.63) is 0 Å². The first-order valence-corrected chi connectivity index (χ1v) is 14.7. The van der Waals surface area contributed by atoms with Gasteiger partial charge in [-0.15, -0.1) is 23.4 Å². The van der Waals surface area contributed by atoms with Crippen molar-refractivity contribution in [2.24, 2.45) is 17.8 Å². The molecule has 36 heavy (non-hydrogen) atoms. The quantitative estimate of drug-likeness (QED) is 0.228. The highest BCUT2D eigenvalue weighted by Gasteiger charge is 2.48. The number of thioether (sulfide) groups is 1. The molecule has 0 saturated carbocycles. The predicted octanol–water partition coefficient (Wildman–Crippen LogP) is -0.645. The topological polar surface area (TPSA) is 110 Å². The van der Waals surface area contributed by atoms with Crippen LogP contribution in [0.1, 0.15) is 26.7 Å². The van der Waals surface area contributed by atoms with Gasteiger partial charge in [0.2, 0.25) is 11.8 Å². The summed E-state index contributed by atoms with van der Waals surface area (Å²) in [6.07, 6.45) is 1.79. The van der Waals surface area contributed by atoms with Crippen molar-refractivity contribution in [2.45, 2.75) is 73.2 Å². The minimum absolute atomic E-state index is 0.0595. The first-order valence-electron chi connectivity index (χ1n) is 13.3. The van der Waals surface area contributed by atoms with Crippen molar-refractivity contribution < 1.29 is 14.3 Å². The number of fused-ring (bicyclic) bond motifs is 1. The summed E-state index contributed by atoms with van der Waals surface area (Å²) >= 11 is 8.21. The fourth-order valence-electron chi connectivity index (χ4n) is 6.92. The Morgan fingerprint density at radius 2 is 1.89 bits per heavy atom. The van der Waals surface area contributed by atoms with E-state index in [1.54, 1.807) is 18.9 Å². The Morgan fingerprint density at radius 1 is 1.08 bits per heavy atom. The third kappa shape index (κ3) is 5.40. The van der Waals surface area contributed by atoms with Crippen molar-refractivity contribution >= 4 is 35.2 Å². The van der Waals surface area contributed by atoms with Gasteiger partial charge in [0.05, 0.1) is 17.5 Å². The van der Waals surface area contributed by atoms with Gasteiger partial charge in [-0.3, -0.25) is 30.4 Å². The fraction of sp³-hybridized carbons (Fsp3) is 0.917. The smallest absolute Gasteiger partial charge is 0.241 e. The molecule has 5 fully saturated rings. The van der Waals surface area contributed by atoms with Crippen LogP contribution in [0.2, 0.25) is 0 Å². The van der Waals surface area contributed by atoms with Gasteiger partial charge in [-0.05, 0) is 45.6 Å². The molecule has 11 atom stereocenters. The van der Waals surface area contributed by atoms with Crippen LogP contribution >= 0.6 is 23.4 Å². The van der Waals surface area contributed by atoms with Crippen molar-refractivity contribution in [1.82, 2.24) is 36.4 Å². The summed E-state index contributed by atoms with van der Waals surface area (Å²) in [4.78, 5) is 30.8. The van der Waals surface area contributed by atoms with Gasteiger partial charge < -0.3 is 20.3 Å². The van der Waals surface area contributed by atoms with Gasteiger partial charge in [-0.1, -0.05) is 0 Å². The van der Waals surface area contributed by atoms with E-state index in [1.165, 1.54) is 0 Å². The zero-order chi connectivity index (χ0) is 25.6. The number of hydrogen-bond acceptors (Lipinski definition) is 9. The van der Waals surface area contributed by atoms with Crippen molar-refractivity contribution in [3.63, 3.8) is 0 Å². The number of likely N-dealkylation sites (tertiary alicyclic amines) is 1. The van der Waals surface area contributed by atoms with Crippen molar-refractivity contribution in [1.29, 1.82) is 0 Å². The highest BCUT2D eigenvalue weighted by atomic mass is 35.5. The predicted molar refractivity (Wildman–Crippen MR) is 141 cm³/mol. The molecule has 0 spiro atoms. The zero-order valence-corrected chi connectivity index (χ0v) is 23.3. The summed E-state index contributed by atoms with van der Waals surface area (Å²) in [6, 6.07) is 0.598. The molecule has 5 saturated heterocycles. The van der Waals surface area contributed by atoms with Crippen LogP contribution in [0, 0.1) is 17.8 Å². The summed E-state index contributed by atoms with van der Waals surface area (Å²) in [5, 5.41) is 17.3. The number of hydrogen-bond donors (Lipinski definition) is 5. The minimum atomic E-state index is -0.133. The van der Waals surface area contributed by atoms with Crippen LogP contribution in [-0.2, 0) is 14.3 Å². The second kappa shape index (κ2) is 11.2. The molecule has 0 radical (unpaired) electrons. The van der Waals surface area contributed by atoms with Gasteiger partial charge in [0.15, 0.2) is 0 Å².